The van der Waals surface area contributed by atoms with Crippen LogP contribution in [-0.4, -0.2) is 73.6 Å². The molecule has 2 saturated heterocycles. The van der Waals surface area contributed by atoms with E-state index in [1.807, 2.05) is 6.92 Å². The van der Waals surface area contributed by atoms with Crippen molar-refractivity contribution >= 4 is 14.7 Å². The van der Waals surface area contributed by atoms with Crippen LogP contribution in [0, 0.1) is 0 Å². The van der Waals surface area contributed by atoms with Gasteiger partial charge in [-0.05, 0) is 86.9 Å². The van der Waals surface area contributed by atoms with Gasteiger partial charge < -0.3 is 23.4 Å². The summed E-state index contributed by atoms with van der Waals surface area (Å²) >= 11 is 0. The van der Waals surface area contributed by atoms with E-state index in [9.17, 15) is 9.90 Å². The number of carboxylic acid groups (broad SMARTS) is 1. The van der Waals surface area contributed by atoms with Gasteiger partial charge in [0, 0.05) is 25.5 Å². The van der Waals surface area contributed by atoms with Crippen LogP contribution in [0.15, 0.2) is 0 Å². The van der Waals surface area contributed by atoms with Crippen LogP contribution in [0.2, 0.25) is 12.6 Å². The van der Waals surface area contributed by atoms with Crippen LogP contribution in [0.5, 0.6) is 0 Å². The molecule has 9 heteroatoms. The SMILES string of the molecule is CC1CC(C)(C)OC(C)(CCCN(CNCCC[Si]2(C)OC(C)CC(C)(C)O2)C(=O)O)O1. The first-order valence-electron chi connectivity index (χ1n) is 12.1. The van der Waals surface area contributed by atoms with Gasteiger partial charge in [0.25, 0.3) is 0 Å². The fraction of sp³-hybridized carbons (Fsp3) is 0.957. The second-order valence-corrected chi connectivity index (χ2v) is 14.4. The standard InChI is InChI=1S/C23H46N2O6Si/c1-18-15-21(3,4)30-23(7,28-18)11-9-13-25(20(26)27)17-24-12-10-14-32(8)29-19(2)16-22(5,6)31-32/h18-19,24H,9-17H2,1-8H3,(H,26,27). The molecule has 2 N–H and O–H groups in total. The van der Waals surface area contributed by atoms with Gasteiger partial charge in [0.05, 0.1) is 24.0 Å². The number of rotatable bonds is 10. The number of nitrogens with one attached hydrogen (secondary N) is 1. The van der Waals surface area contributed by atoms with Crippen molar-refractivity contribution in [2.75, 3.05) is 19.8 Å². The van der Waals surface area contributed by atoms with Gasteiger partial charge in [0.1, 0.15) is 0 Å². The number of ether oxygens (including phenoxy) is 2. The topological polar surface area (TPSA) is 89.5 Å². The number of hydrogen-bond donors (Lipinski definition) is 2. The van der Waals surface area contributed by atoms with Gasteiger partial charge >= 0.3 is 14.7 Å². The Bertz CT molecular complexity index is 634. The molecule has 2 rings (SSSR count). The van der Waals surface area contributed by atoms with Crippen LogP contribution in [0.4, 0.5) is 4.79 Å². The highest BCUT2D eigenvalue weighted by Crippen LogP contribution is 2.36. The molecule has 4 atom stereocenters. The Hall–Kier alpha value is -0.713. The summed E-state index contributed by atoms with van der Waals surface area (Å²) in [4.78, 5) is 13.1. The molecule has 0 aromatic rings. The monoisotopic (exact) mass is 474 g/mol. The summed E-state index contributed by atoms with van der Waals surface area (Å²) in [7, 11) is -2.20. The molecule has 0 aromatic heterocycles. The second kappa shape index (κ2) is 10.7. The van der Waals surface area contributed by atoms with Crippen LogP contribution in [0.1, 0.15) is 80.6 Å². The summed E-state index contributed by atoms with van der Waals surface area (Å²) < 4.78 is 24.7. The van der Waals surface area contributed by atoms with Crippen molar-refractivity contribution in [1.82, 2.24) is 10.2 Å². The molecule has 0 saturated carbocycles. The van der Waals surface area contributed by atoms with Crippen molar-refractivity contribution in [3.63, 3.8) is 0 Å². The average molecular weight is 475 g/mol. The van der Waals surface area contributed by atoms with E-state index in [4.69, 9.17) is 18.3 Å². The molecule has 2 heterocycles. The van der Waals surface area contributed by atoms with Crippen molar-refractivity contribution < 1.29 is 28.2 Å². The van der Waals surface area contributed by atoms with E-state index in [0.29, 0.717) is 26.1 Å². The smallest absolute Gasteiger partial charge is 0.408 e. The summed E-state index contributed by atoms with van der Waals surface area (Å²) in [6.07, 6.45) is 3.40. The first-order valence-corrected chi connectivity index (χ1v) is 14.6. The van der Waals surface area contributed by atoms with E-state index in [2.05, 4.69) is 53.4 Å². The Kier molecular flexibility index (Phi) is 9.20. The first kappa shape index (κ1) is 27.5. The van der Waals surface area contributed by atoms with Crippen molar-refractivity contribution in [2.45, 2.75) is 122 Å². The molecule has 0 aromatic carbocycles. The van der Waals surface area contributed by atoms with Gasteiger partial charge in [-0.15, -0.1) is 0 Å². The van der Waals surface area contributed by atoms with Crippen molar-refractivity contribution in [3.8, 4) is 0 Å². The maximum atomic E-state index is 11.7. The van der Waals surface area contributed by atoms with Crippen LogP contribution in [0.3, 0.4) is 0 Å². The van der Waals surface area contributed by atoms with Crippen LogP contribution >= 0.6 is 0 Å². The molecule has 0 radical (unpaired) electrons. The van der Waals surface area contributed by atoms with Crippen LogP contribution in [-0.2, 0) is 18.3 Å². The molecule has 188 valence electrons. The largest absolute Gasteiger partial charge is 0.465 e. The highest BCUT2D eigenvalue weighted by molar-refractivity contribution is 6.66. The fourth-order valence-electron chi connectivity index (χ4n) is 5.42. The summed E-state index contributed by atoms with van der Waals surface area (Å²) in [5.74, 6) is -0.677. The summed E-state index contributed by atoms with van der Waals surface area (Å²) in [5, 5.41) is 12.8. The first-order chi connectivity index (χ1) is 14.6. The number of hydrogen-bond acceptors (Lipinski definition) is 6. The molecule has 4 unspecified atom stereocenters. The Morgan fingerprint density at radius 3 is 2.34 bits per heavy atom. The molecule has 2 aliphatic heterocycles. The Morgan fingerprint density at radius 2 is 1.75 bits per heavy atom. The maximum absolute atomic E-state index is 11.7. The molecule has 2 aliphatic rings. The van der Waals surface area contributed by atoms with Gasteiger partial charge in [-0.25, -0.2) is 4.79 Å². The highest BCUT2D eigenvalue weighted by atomic mass is 28.4. The fourth-order valence-corrected chi connectivity index (χ4v) is 8.69. The van der Waals surface area contributed by atoms with Gasteiger partial charge in [0.15, 0.2) is 5.79 Å². The van der Waals surface area contributed by atoms with Crippen molar-refractivity contribution in [2.24, 2.45) is 0 Å². The maximum Gasteiger partial charge on any atom is 0.408 e. The van der Waals surface area contributed by atoms with E-state index in [1.165, 1.54) is 4.90 Å². The molecular formula is C23H46N2O6Si. The molecule has 1 amide bonds. The molecule has 8 nitrogen and oxygen atoms in total. The number of carbonyl (C=O) groups is 1. The third-order valence-corrected chi connectivity index (χ3v) is 9.21. The van der Waals surface area contributed by atoms with E-state index in [-0.39, 0.29) is 23.4 Å². The van der Waals surface area contributed by atoms with E-state index >= 15 is 0 Å². The van der Waals surface area contributed by atoms with Gasteiger partial charge in [-0.1, -0.05) is 0 Å². The lowest BCUT2D eigenvalue weighted by atomic mass is 9.97. The normalized spacial score (nSPS) is 34.2. The molecule has 0 spiro atoms. The molecule has 32 heavy (non-hydrogen) atoms. The van der Waals surface area contributed by atoms with Gasteiger partial charge in [0.2, 0.25) is 0 Å². The van der Waals surface area contributed by atoms with Crippen LogP contribution in [0.25, 0.3) is 0 Å². The minimum atomic E-state index is -2.20. The number of amides is 1. The average Bonchev–Trinajstić information content (AvgIpc) is 2.54. The minimum absolute atomic E-state index is 0.122. The van der Waals surface area contributed by atoms with Crippen LogP contribution < -0.4 is 5.32 Å². The summed E-state index contributed by atoms with van der Waals surface area (Å²) in [5.41, 5.74) is -0.374. The van der Waals surface area contributed by atoms with E-state index < -0.39 is 20.4 Å². The lowest BCUT2D eigenvalue weighted by Crippen LogP contribution is -2.54. The lowest BCUT2D eigenvalue weighted by Gasteiger charge is -2.46. The third kappa shape index (κ3) is 8.91. The second-order valence-electron chi connectivity index (χ2n) is 11.2. The highest BCUT2D eigenvalue weighted by Gasteiger charge is 2.44. The Labute approximate surface area is 195 Å². The van der Waals surface area contributed by atoms with E-state index in [0.717, 1.165) is 31.9 Å². The van der Waals surface area contributed by atoms with Crippen molar-refractivity contribution in [3.05, 3.63) is 0 Å². The third-order valence-electron chi connectivity index (χ3n) is 6.06. The molecule has 0 aliphatic carbocycles. The zero-order valence-corrected chi connectivity index (χ0v) is 22.5. The zero-order valence-electron chi connectivity index (χ0n) is 21.5. The zero-order chi connectivity index (χ0) is 24.2. The van der Waals surface area contributed by atoms with Gasteiger partial charge in [-0.3, -0.25) is 10.2 Å². The molecular weight excluding hydrogens is 428 g/mol. The predicted octanol–water partition coefficient (Wildman–Crippen LogP) is 4.68. The lowest BCUT2D eigenvalue weighted by molar-refractivity contribution is -0.333. The Balaban J connectivity index is 1.71. The van der Waals surface area contributed by atoms with Crippen molar-refractivity contribution in [1.29, 1.82) is 0 Å². The van der Waals surface area contributed by atoms with Gasteiger partial charge in [-0.2, -0.15) is 0 Å². The number of nitrogens with zero attached hydrogens (tertiary/aromatic N) is 1. The summed E-state index contributed by atoms with van der Waals surface area (Å²) in [6.45, 7) is 18.1. The van der Waals surface area contributed by atoms with E-state index in [1.54, 1.807) is 0 Å². The predicted molar refractivity (Wildman–Crippen MR) is 127 cm³/mol. The quantitative estimate of drug-likeness (QED) is 0.270. The molecule has 0 bridgehead atoms. The molecule has 2 fully saturated rings. The minimum Gasteiger partial charge on any atom is -0.465 e. The Morgan fingerprint density at radius 1 is 1.09 bits per heavy atom. The summed E-state index contributed by atoms with van der Waals surface area (Å²) in [6, 6.07) is 0.891.